The molecule has 0 spiro atoms. The largest absolute Gasteiger partial charge is 0.231 e. The van der Waals surface area contributed by atoms with Gasteiger partial charge in [0, 0.05) is 17.4 Å². The summed E-state index contributed by atoms with van der Waals surface area (Å²) in [7, 11) is 0. The number of rotatable bonds is 3. The zero-order valence-electron chi connectivity index (χ0n) is 14.1. The molecule has 1 aliphatic heterocycles. The van der Waals surface area contributed by atoms with E-state index in [2.05, 4.69) is 36.2 Å². The van der Waals surface area contributed by atoms with Crippen LogP contribution in [0.15, 0.2) is 59.0 Å². The van der Waals surface area contributed by atoms with Gasteiger partial charge in [-0.3, -0.25) is 0 Å². The molecule has 0 N–H and O–H groups in total. The van der Waals surface area contributed by atoms with E-state index >= 15 is 0 Å². The fourth-order valence-corrected chi connectivity index (χ4v) is 3.84. The molecule has 0 unspecified atom stereocenters. The second kappa shape index (κ2) is 6.41. The summed E-state index contributed by atoms with van der Waals surface area (Å²) in [5, 5.41) is 9.46. The monoisotopic (exact) mass is 351 g/mol. The van der Waals surface area contributed by atoms with Crippen LogP contribution in [0.25, 0.3) is 0 Å². The molecule has 4 rings (SSSR count). The molecule has 3 nitrogen and oxygen atoms in total. The summed E-state index contributed by atoms with van der Waals surface area (Å²) in [5.74, 6) is -0.203. The number of aryl methyl sites for hydroxylation is 2. The summed E-state index contributed by atoms with van der Waals surface area (Å²) in [6, 6.07) is 15.0. The van der Waals surface area contributed by atoms with E-state index in [-0.39, 0.29) is 11.9 Å². The van der Waals surface area contributed by atoms with Crippen LogP contribution in [-0.2, 0) is 0 Å². The molecule has 2 aromatic carbocycles. The SMILES string of the molecule is Cc1ccc(C2=NN(c3nc(C)cs3)[C@H](c3ccccc3F)C2)cc1. The third kappa shape index (κ3) is 3.07. The zero-order valence-corrected chi connectivity index (χ0v) is 14.9. The van der Waals surface area contributed by atoms with Gasteiger partial charge in [0.2, 0.25) is 5.13 Å². The van der Waals surface area contributed by atoms with E-state index in [1.165, 1.54) is 23.0 Å². The molecule has 2 heterocycles. The summed E-state index contributed by atoms with van der Waals surface area (Å²) in [4.78, 5) is 4.56. The van der Waals surface area contributed by atoms with Gasteiger partial charge in [0.05, 0.1) is 17.4 Å². The Labute approximate surface area is 150 Å². The van der Waals surface area contributed by atoms with Crippen LogP contribution in [0.5, 0.6) is 0 Å². The molecule has 1 atom stereocenters. The van der Waals surface area contributed by atoms with E-state index in [0.717, 1.165) is 22.1 Å². The molecule has 0 saturated carbocycles. The lowest BCUT2D eigenvalue weighted by Gasteiger charge is -2.21. The van der Waals surface area contributed by atoms with Crippen molar-refractivity contribution in [3.05, 3.63) is 82.1 Å². The first kappa shape index (κ1) is 16.0. The van der Waals surface area contributed by atoms with Gasteiger partial charge >= 0.3 is 0 Å². The zero-order chi connectivity index (χ0) is 17.4. The molecule has 126 valence electrons. The first-order valence-electron chi connectivity index (χ1n) is 8.22. The Bertz CT molecular complexity index is 930. The van der Waals surface area contributed by atoms with Gasteiger partial charge in [0.15, 0.2) is 0 Å². The molecular weight excluding hydrogens is 333 g/mol. The summed E-state index contributed by atoms with van der Waals surface area (Å²) >= 11 is 1.54. The summed E-state index contributed by atoms with van der Waals surface area (Å²) < 4.78 is 14.4. The minimum Gasteiger partial charge on any atom is -0.231 e. The molecule has 0 aliphatic carbocycles. The number of halogens is 1. The van der Waals surface area contributed by atoms with Crippen molar-refractivity contribution in [3.63, 3.8) is 0 Å². The summed E-state index contributed by atoms with van der Waals surface area (Å²) in [5.41, 5.74) is 4.84. The molecular formula is C20H18FN3S. The number of aromatic nitrogens is 1. The van der Waals surface area contributed by atoms with Crippen molar-refractivity contribution >= 4 is 22.2 Å². The van der Waals surface area contributed by atoms with Crippen molar-refractivity contribution in [2.24, 2.45) is 5.10 Å². The molecule has 0 bridgehead atoms. The lowest BCUT2D eigenvalue weighted by molar-refractivity contribution is 0.579. The Kier molecular flexibility index (Phi) is 4.09. The number of thiazole rings is 1. The van der Waals surface area contributed by atoms with Gasteiger partial charge in [-0.25, -0.2) is 14.4 Å². The summed E-state index contributed by atoms with van der Waals surface area (Å²) in [6.45, 7) is 4.02. The van der Waals surface area contributed by atoms with E-state index in [0.29, 0.717) is 12.0 Å². The van der Waals surface area contributed by atoms with Crippen molar-refractivity contribution < 1.29 is 4.39 Å². The fourth-order valence-electron chi connectivity index (χ4n) is 3.04. The van der Waals surface area contributed by atoms with Gasteiger partial charge in [-0.15, -0.1) is 11.3 Å². The maximum atomic E-state index is 14.4. The van der Waals surface area contributed by atoms with E-state index < -0.39 is 0 Å². The second-order valence-corrected chi connectivity index (χ2v) is 7.11. The molecule has 3 aromatic rings. The van der Waals surface area contributed by atoms with Crippen LogP contribution in [0.3, 0.4) is 0 Å². The fraction of sp³-hybridized carbons (Fsp3) is 0.200. The van der Waals surface area contributed by atoms with E-state index in [9.17, 15) is 4.39 Å². The number of benzene rings is 2. The predicted octanol–water partition coefficient (Wildman–Crippen LogP) is 5.25. The van der Waals surface area contributed by atoms with Crippen molar-refractivity contribution in [1.29, 1.82) is 0 Å². The standard InChI is InChI=1S/C20H18FN3S/c1-13-7-9-15(10-8-13)18-11-19(16-5-3-4-6-17(16)21)24(23-18)20-22-14(2)12-25-20/h3-10,12,19H,11H2,1-2H3/t19-/m0/s1. The van der Waals surface area contributed by atoms with Gasteiger partial charge in [-0.2, -0.15) is 5.10 Å². The van der Waals surface area contributed by atoms with Crippen LogP contribution in [0, 0.1) is 19.7 Å². The van der Waals surface area contributed by atoms with Crippen molar-refractivity contribution in [3.8, 4) is 0 Å². The number of hydrazone groups is 1. The van der Waals surface area contributed by atoms with Gasteiger partial charge in [0.1, 0.15) is 5.82 Å². The van der Waals surface area contributed by atoms with E-state index in [1.807, 2.05) is 29.4 Å². The van der Waals surface area contributed by atoms with Gasteiger partial charge in [0.25, 0.3) is 0 Å². The lowest BCUT2D eigenvalue weighted by atomic mass is 9.98. The minimum absolute atomic E-state index is 0.178. The predicted molar refractivity (Wildman–Crippen MR) is 101 cm³/mol. The number of nitrogens with zero attached hydrogens (tertiary/aromatic N) is 3. The highest BCUT2D eigenvalue weighted by molar-refractivity contribution is 7.13. The highest BCUT2D eigenvalue weighted by atomic mass is 32.1. The molecule has 0 radical (unpaired) electrons. The smallest absolute Gasteiger partial charge is 0.206 e. The Morgan fingerprint density at radius 2 is 1.84 bits per heavy atom. The van der Waals surface area contributed by atoms with Crippen LogP contribution in [0.4, 0.5) is 9.52 Å². The molecule has 5 heteroatoms. The lowest BCUT2D eigenvalue weighted by Crippen LogP contribution is -2.19. The third-order valence-electron chi connectivity index (χ3n) is 4.36. The minimum atomic E-state index is -0.203. The van der Waals surface area contributed by atoms with Crippen LogP contribution >= 0.6 is 11.3 Å². The van der Waals surface area contributed by atoms with Crippen molar-refractivity contribution in [2.45, 2.75) is 26.3 Å². The van der Waals surface area contributed by atoms with E-state index in [1.54, 1.807) is 6.07 Å². The quantitative estimate of drug-likeness (QED) is 0.644. The normalized spacial score (nSPS) is 17.0. The van der Waals surface area contributed by atoms with Crippen molar-refractivity contribution in [1.82, 2.24) is 4.98 Å². The molecule has 0 saturated heterocycles. The maximum absolute atomic E-state index is 14.4. The molecule has 25 heavy (non-hydrogen) atoms. The number of hydrogen-bond donors (Lipinski definition) is 0. The Morgan fingerprint density at radius 1 is 1.08 bits per heavy atom. The first-order chi connectivity index (χ1) is 12.1. The highest BCUT2D eigenvalue weighted by Crippen LogP contribution is 2.38. The van der Waals surface area contributed by atoms with E-state index in [4.69, 9.17) is 5.10 Å². The van der Waals surface area contributed by atoms with Gasteiger partial charge in [-0.05, 0) is 25.5 Å². The Morgan fingerprint density at radius 3 is 2.52 bits per heavy atom. The molecule has 0 amide bonds. The average Bonchev–Trinajstić information content (AvgIpc) is 3.22. The molecule has 0 fully saturated rings. The van der Waals surface area contributed by atoms with Crippen LogP contribution in [-0.4, -0.2) is 10.7 Å². The second-order valence-electron chi connectivity index (χ2n) is 6.27. The molecule has 1 aliphatic rings. The van der Waals surface area contributed by atoms with Gasteiger partial charge < -0.3 is 0 Å². The number of anilines is 1. The average molecular weight is 351 g/mol. The summed E-state index contributed by atoms with van der Waals surface area (Å²) in [6.07, 6.45) is 0.655. The topological polar surface area (TPSA) is 28.5 Å². The van der Waals surface area contributed by atoms with Crippen LogP contribution in [0.1, 0.15) is 34.8 Å². The maximum Gasteiger partial charge on any atom is 0.206 e. The highest BCUT2D eigenvalue weighted by Gasteiger charge is 2.33. The van der Waals surface area contributed by atoms with Crippen LogP contribution in [0.2, 0.25) is 0 Å². The van der Waals surface area contributed by atoms with Crippen molar-refractivity contribution in [2.75, 3.05) is 5.01 Å². The Hall–Kier alpha value is -2.53. The van der Waals surface area contributed by atoms with Crippen LogP contribution < -0.4 is 5.01 Å². The Balaban J connectivity index is 1.76. The third-order valence-corrected chi connectivity index (χ3v) is 5.31. The van der Waals surface area contributed by atoms with Gasteiger partial charge in [-0.1, -0.05) is 48.0 Å². The number of hydrogen-bond acceptors (Lipinski definition) is 4. The molecule has 1 aromatic heterocycles. The first-order valence-corrected chi connectivity index (χ1v) is 9.10.